The Hall–Kier alpha value is -5.48. The van der Waals surface area contributed by atoms with E-state index in [1.54, 1.807) is 19.3 Å². The summed E-state index contributed by atoms with van der Waals surface area (Å²) in [5.74, 6) is -2.55. The second-order valence-electron chi connectivity index (χ2n) is 17.9. The molecular formula is C45H51ClF2N10O4. The number of piperidine rings is 2. The zero-order chi connectivity index (χ0) is 43.0. The molecule has 3 saturated heterocycles. The van der Waals surface area contributed by atoms with E-state index in [0.29, 0.717) is 70.5 Å². The summed E-state index contributed by atoms with van der Waals surface area (Å²) in [6.45, 7) is 7.86. The van der Waals surface area contributed by atoms with E-state index >= 15 is 8.78 Å². The zero-order valence-electron chi connectivity index (χ0n) is 35.1. The molecule has 3 N–H and O–H groups in total. The van der Waals surface area contributed by atoms with Crippen molar-refractivity contribution in [3.63, 3.8) is 0 Å². The highest BCUT2D eigenvalue weighted by atomic mass is 35.5. The lowest BCUT2D eigenvalue weighted by Crippen LogP contribution is -2.50. The molecular weight excluding hydrogens is 818 g/mol. The minimum atomic E-state index is -3.12. The second-order valence-corrected chi connectivity index (χ2v) is 18.3. The average Bonchev–Trinajstić information content (AvgIpc) is 4.06. The maximum Gasteiger partial charge on any atom is 0.301 e. The van der Waals surface area contributed by atoms with Crippen molar-refractivity contribution in [1.82, 2.24) is 29.5 Å². The number of hydrogen-bond donors (Lipinski definition) is 3. The van der Waals surface area contributed by atoms with Crippen LogP contribution in [0.5, 0.6) is 5.75 Å². The Kier molecular flexibility index (Phi) is 10.3. The molecule has 5 aliphatic rings. The van der Waals surface area contributed by atoms with E-state index in [1.165, 1.54) is 4.57 Å². The fraction of sp³-hybridized carbons (Fsp3) is 0.489. The molecule has 17 heteroatoms. The first kappa shape index (κ1) is 40.6. The quantitative estimate of drug-likeness (QED) is 0.153. The van der Waals surface area contributed by atoms with Gasteiger partial charge in [0, 0.05) is 88.9 Å². The lowest BCUT2D eigenvalue weighted by molar-refractivity contribution is -0.134. The van der Waals surface area contributed by atoms with E-state index in [9.17, 15) is 14.4 Å². The molecule has 4 atom stereocenters. The number of aryl methyl sites for hydroxylation is 2. The molecule has 1 aliphatic carbocycles. The smallest absolute Gasteiger partial charge is 0.301 e. The van der Waals surface area contributed by atoms with Gasteiger partial charge in [-0.05, 0) is 67.7 Å². The Bertz CT molecular complexity index is 2660. The van der Waals surface area contributed by atoms with Gasteiger partial charge < -0.3 is 29.7 Å². The molecule has 0 bridgehead atoms. The third-order valence-electron chi connectivity index (χ3n) is 13.8. The first-order valence-electron chi connectivity index (χ1n) is 21.7. The number of benzene rings is 2. The molecule has 4 aliphatic heterocycles. The third kappa shape index (κ3) is 7.37. The van der Waals surface area contributed by atoms with Crippen molar-refractivity contribution in [2.24, 2.45) is 31.8 Å². The topological polar surface area (TPSA) is 142 Å². The van der Waals surface area contributed by atoms with E-state index in [2.05, 4.69) is 43.6 Å². The highest BCUT2D eigenvalue weighted by molar-refractivity contribution is 6.33. The molecule has 2 amide bonds. The van der Waals surface area contributed by atoms with Crippen LogP contribution in [0.15, 0.2) is 53.5 Å². The summed E-state index contributed by atoms with van der Waals surface area (Å²) < 4.78 is 39.2. The Balaban J connectivity index is 0.791. The number of carbonyl (C=O) groups excluding carboxylic acids is 2. The summed E-state index contributed by atoms with van der Waals surface area (Å²) in [4.78, 5) is 49.9. The minimum Gasteiger partial charge on any atom is -0.480 e. The van der Waals surface area contributed by atoms with Crippen LogP contribution in [0.4, 0.5) is 37.3 Å². The molecule has 14 nitrogen and oxygen atoms in total. The van der Waals surface area contributed by atoms with Crippen molar-refractivity contribution in [3.8, 4) is 5.75 Å². The number of pyridine rings is 2. The van der Waals surface area contributed by atoms with E-state index in [1.807, 2.05) is 42.1 Å². The number of amides is 2. The summed E-state index contributed by atoms with van der Waals surface area (Å²) in [5, 5.41) is 15.8. The fourth-order valence-electron chi connectivity index (χ4n) is 10.1. The number of carbonyl (C=O) groups is 2. The van der Waals surface area contributed by atoms with Gasteiger partial charge in [0.25, 0.3) is 5.56 Å². The van der Waals surface area contributed by atoms with Gasteiger partial charge in [-0.25, -0.2) is 13.8 Å². The van der Waals surface area contributed by atoms with Crippen LogP contribution in [0.2, 0.25) is 5.02 Å². The number of alkyl halides is 2. The van der Waals surface area contributed by atoms with Crippen molar-refractivity contribution < 1.29 is 23.1 Å². The SMILES string of the molecule is C[C@@H]1CN(c2cc(Nc3ccc4c(c3)c3c(c(=O)n4C)OCC(F)(F)[C@H](C4CC4)N3)c(Cl)cn2)CC[C@@H]1CN1CCN(c2cccc3c(C4CCC(=O)NC4=O)nn(C)c23)CC1. The van der Waals surface area contributed by atoms with Crippen molar-refractivity contribution in [2.75, 3.05) is 72.9 Å². The van der Waals surface area contributed by atoms with Crippen molar-refractivity contribution in [2.45, 2.75) is 56.9 Å². The minimum absolute atomic E-state index is 0.0916. The monoisotopic (exact) mass is 868 g/mol. The molecule has 0 spiro atoms. The Morgan fingerprint density at radius 2 is 1.77 bits per heavy atom. The van der Waals surface area contributed by atoms with Crippen molar-refractivity contribution >= 4 is 73.8 Å². The summed E-state index contributed by atoms with van der Waals surface area (Å²) in [5.41, 5.74) is 4.64. The van der Waals surface area contributed by atoms with Crippen LogP contribution in [0.1, 0.15) is 50.6 Å². The number of rotatable bonds is 8. The summed E-state index contributed by atoms with van der Waals surface area (Å²) in [6, 6.07) is 12.6. The molecule has 1 saturated carbocycles. The zero-order valence-corrected chi connectivity index (χ0v) is 35.9. The van der Waals surface area contributed by atoms with Crippen LogP contribution in [-0.2, 0) is 23.7 Å². The van der Waals surface area contributed by atoms with E-state index in [0.717, 1.165) is 80.3 Å². The Morgan fingerprint density at radius 1 is 0.968 bits per heavy atom. The largest absolute Gasteiger partial charge is 0.480 e. The van der Waals surface area contributed by atoms with Crippen molar-refractivity contribution in [1.29, 1.82) is 0 Å². The highest BCUT2D eigenvalue weighted by Crippen LogP contribution is 2.46. The number of halogens is 3. The summed E-state index contributed by atoms with van der Waals surface area (Å²) >= 11 is 6.72. The van der Waals surface area contributed by atoms with Crippen LogP contribution in [0.25, 0.3) is 21.8 Å². The molecule has 5 aromatic rings. The number of nitrogens with zero attached hydrogens (tertiary/aromatic N) is 7. The number of fused-ring (bicyclic) bond motifs is 4. The lowest BCUT2D eigenvalue weighted by atomic mass is 9.86. The predicted molar refractivity (Wildman–Crippen MR) is 236 cm³/mol. The Labute approximate surface area is 362 Å². The number of para-hydroxylation sites is 1. The lowest BCUT2D eigenvalue weighted by Gasteiger charge is -2.42. The van der Waals surface area contributed by atoms with Crippen LogP contribution < -0.4 is 36.0 Å². The van der Waals surface area contributed by atoms with Gasteiger partial charge in [0.15, 0.2) is 6.61 Å². The van der Waals surface area contributed by atoms with Crippen LogP contribution >= 0.6 is 11.6 Å². The number of aromatic nitrogens is 4. The molecule has 4 fully saturated rings. The third-order valence-corrected chi connectivity index (χ3v) is 14.1. The van der Waals surface area contributed by atoms with Gasteiger partial charge >= 0.3 is 5.92 Å². The van der Waals surface area contributed by atoms with Gasteiger partial charge in [-0.3, -0.25) is 29.3 Å². The van der Waals surface area contributed by atoms with Gasteiger partial charge in [-0.2, -0.15) is 5.10 Å². The van der Waals surface area contributed by atoms with E-state index in [4.69, 9.17) is 26.4 Å². The maximum atomic E-state index is 15.2. The molecule has 326 valence electrons. The first-order valence-corrected chi connectivity index (χ1v) is 22.1. The van der Waals surface area contributed by atoms with Gasteiger partial charge in [-0.1, -0.05) is 30.7 Å². The number of ether oxygens (including phenoxy) is 1. The summed E-state index contributed by atoms with van der Waals surface area (Å²) in [7, 11) is 3.55. The average molecular weight is 869 g/mol. The highest BCUT2D eigenvalue weighted by Gasteiger charge is 2.51. The number of nitrogens with one attached hydrogen (secondary N) is 3. The summed E-state index contributed by atoms with van der Waals surface area (Å²) in [6.07, 6.45) is 4.89. The Morgan fingerprint density at radius 3 is 2.53 bits per heavy atom. The molecule has 3 aromatic heterocycles. The van der Waals surface area contributed by atoms with Gasteiger partial charge in [-0.15, -0.1) is 0 Å². The molecule has 2 aromatic carbocycles. The van der Waals surface area contributed by atoms with Crippen molar-refractivity contribution in [3.05, 3.63) is 69.7 Å². The fourth-order valence-corrected chi connectivity index (χ4v) is 10.3. The standard InChI is InChI=1S/C45H51ClF2N10O4/c1-25-22-58(14-13-27(25)23-56-15-17-57(18-16-56)35-6-4-5-29-38(53-55(3)40(29)35)30-10-12-37(59)51-43(30)60)36-20-33(32(46)21-49-36)50-28-9-11-34-31(19-28)39-41(44(61)54(34)2)62-24-45(47,48)42(52-39)26-7-8-26/h4-6,9,11,19-21,25-27,30,42,52H,7-8,10,12-18,22-24H2,1-3H3,(H,49,50)(H,51,59,60)/t25-,27-,30?,42+/m1/s1. The molecule has 1 unspecified atom stereocenters. The van der Waals surface area contributed by atoms with Gasteiger partial charge in [0.2, 0.25) is 17.6 Å². The first-order chi connectivity index (χ1) is 29.8. The second kappa shape index (κ2) is 15.7. The molecule has 7 heterocycles. The van der Waals surface area contributed by atoms with Gasteiger partial charge in [0.05, 0.1) is 57.0 Å². The molecule has 0 radical (unpaired) electrons. The number of anilines is 5. The predicted octanol–water partition coefficient (Wildman–Crippen LogP) is 6.24. The number of piperazine rings is 1. The maximum absolute atomic E-state index is 15.2. The number of hydrogen-bond acceptors (Lipinski definition) is 11. The van der Waals surface area contributed by atoms with E-state index in [-0.39, 0.29) is 23.5 Å². The van der Waals surface area contributed by atoms with Crippen LogP contribution in [0, 0.1) is 17.8 Å². The van der Waals surface area contributed by atoms with Crippen LogP contribution in [0.3, 0.4) is 0 Å². The van der Waals surface area contributed by atoms with E-state index < -0.39 is 30.0 Å². The molecule has 10 rings (SSSR count). The number of imide groups is 1. The molecule has 62 heavy (non-hydrogen) atoms. The normalized spacial score (nSPS) is 24.4. The van der Waals surface area contributed by atoms with Crippen LogP contribution in [-0.4, -0.2) is 100 Å². The van der Waals surface area contributed by atoms with Gasteiger partial charge in [0.1, 0.15) is 5.82 Å².